The molecule has 1 saturated heterocycles. The maximum Gasteiger partial charge on any atom is 0.128 e. The van der Waals surface area contributed by atoms with Gasteiger partial charge >= 0.3 is 0 Å². The standard InChI is InChI=1S/C24H35FN4.C5H12.C2H2/c1-17(2)21-10-9-20(22(25)15-21)8-6-7-19(5)28-11-13-29(14-12-28)23-16-26-24(27-23)18(3)4;1-4-5(2)3;1-2/h9-10,15,18-19H,1,6-8,11-14,16H2,2-5H3;5H,4H2,1-3H3;1-2H. The fourth-order valence-electron chi connectivity index (χ4n) is 4.04. The second-order valence-electron chi connectivity index (χ2n) is 10.5. The third kappa shape index (κ3) is 10.3. The Morgan fingerprint density at radius 1 is 1.08 bits per heavy atom. The molecule has 0 aliphatic carbocycles. The van der Waals surface area contributed by atoms with Crippen LogP contribution in [0.2, 0.25) is 0 Å². The van der Waals surface area contributed by atoms with Gasteiger partial charge in [-0.3, -0.25) is 9.89 Å². The molecule has 1 fully saturated rings. The predicted molar refractivity (Wildman–Crippen MR) is 156 cm³/mol. The van der Waals surface area contributed by atoms with Gasteiger partial charge in [0.1, 0.15) is 17.5 Å². The van der Waals surface area contributed by atoms with Crippen molar-refractivity contribution in [2.75, 3.05) is 32.7 Å². The highest BCUT2D eigenvalue weighted by Gasteiger charge is 2.25. The summed E-state index contributed by atoms with van der Waals surface area (Å²) < 4.78 is 14.3. The average Bonchev–Trinajstić information content (AvgIpc) is 3.37. The monoisotopic (exact) mass is 496 g/mol. The molecule has 0 radical (unpaired) electrons. The quantitative estimate of drug-likeness (QED) is 0.364. The zero-order chi connectivity index (χ0) is 27.3. The number of piperazine rings is 1. The average molecular weight is 497 g/mol. The van der Waals surface area contributed by atoms with Crippen LogP contribution in [0, 0.1) is 30.5 Å². The lowest BCUT2D eigenvalue weighted by molar-refractivity contribution is 0.133. The van der Waals surface area contributed by atoms with E-state index in [1.807, 2.05) is 19.1 Å². The Hall–Kier alpha value is -2.45. The van der Waals surface area contributed by atoms with Gasteiger partial charge in [0.15, 0.2) is 0 Å². The van der Waals surface area contributed by atoms with Crippen molar-refractivity contribution < 1.29 is 4.39 Å². The number of terminal acetylenes is 1. The lowest BCUT2D eigenvalue weighted by atomic mass is 10.0. The molecule has 3 rings (SSSR count). The summed E-state index contributed by atoms with van der Waals surface area (Å²) in [4.78, 5) is 14.2. The largest absolute Gasteiger partial charge is 0.356 e. The van der Waals surface area contributed by atoms with E-state index in [-0.39, 0.29) is 5.82 Å². The summed E-state index contributed by atoms with van der Waals surface area (Å²) in [6.07, 6.45) is 12.2. The minimum atomic E-state index is -0.105. The molecular weight excluding hydrogens is 447 g/mol. The van der Waals surface area contributed by atoms with Crippen molar-refractivity contribution in [1.29, 1.82) is 0 Å². The molecule has 36 heavy (non-hydrogen) atoms. The van der Waals surface area contributed by atoms with Crippen LogP contribution in [0.15, 0.2) is 34.8 Å². The van der Waals surface area contributed by atoms with Crippen molar-refractivity contribution in [1.82, 2.24) is 9.80 Å². The van der Waals surface area contributed by atoms with E-state index >= 15 is 0 Å². The number of rotatable bonds is 8. The van der Waals surface area contributed by atoms with Gasteiger partial charge < -0.3 is 4.90 Å². The normalized spacial score (nSPS) is 16.5. The first kappa shape index (κ1) is 31.6. The van der Waals surface area contributed by atoms with E-state index in [9.17, 15) is 4.39 Å². The van der Waals surface area contributed by atoms with Gasteiger partial charge in [0.2, 0.25) is 0 Å². The highest BCUT2D eigenvalue weighted by molar-refractivity contribution is 6.03. The summed E-state index contributed by atoms with van der Waals surface area (Å²) in [6, 6.07) is 6.02. The summed E-state index contributed by atoms with van der Waals surface area (Å²) >= 11 is 0. The molecule has 1 aromatic carbocycles. The van der Waals surface area contributed by atoms with E-state index in [0.29, 0.717) is 12.0 Å². The van der Waals surface area contributed by atoms with Crippen LogP contribution in [0.4, 0.5) is 4.39 Å². The van der Waals surface area contributed by atoms with Gasteiger partial charge in [0.25, 0.3) is 0 Å². The molecule has 200 valence electrons. The molecular formula is C31H49FN4. The Morgan fingerprint density at radius 3 is 2.17 bits per heavy atom. The highest BCUT2D eigenvalue weighted by atomic mass is 19.1. The van der Waals surface area contributed by atoms with Crippen LogP contribution < -0.4 is 0 Å². The van der Waals surface area contributed by atoms with E-state index in [2.05, 4.69) is 75.8 Å². The zero-order valence-electron chi connectivity index (χ0n) is 23.9. The van der Waals surface area contributed by atoms with Crippen LogP contribution in [0.25, 0.3) is 5.57 Å². The number of aryl methyl sites for hydroxylation is 1. The molecule has 0 spiro atoms. The number of nitrogens with zero attached hydrogens (tertiary/aromatic N) is 4. The van der Waals surface area contributed by atoms with E-state index in [1.54, 1.807) is 6.07 Å². The van der Waals surface area contributed by atoms with Crippen molar-refractivity contribution in [3.8, 4) is 12.8 Å². The number of aliphatic imine (C=N–C) groups is 2. The molecule has 0 aromatic heterocycles. The number of benzene rings is 1. The van der Waals surface area contributed by atoms with E-state index in [1.165, 1.54) is 6.42 Å². The molecule has 0 amide bonds. The zero-order valence-corrected chi connectivity index (χ0v) is 23.9. The van der Waals surface area contributed by atoms with Gasteiger partial charge in [-0.1, -0.05) is 65.3 Å². The van der Waals surface area contributed by atoms with Crippen LogP contribution in [0.5, 0.6) is 0 Å². The molecule has 4 nitrogen and oxygen atoms in total. The Kier molecular flexibility index (Phi) is 14.3. The van der Waals surface area contributed by atoms with E-state index in [4.69, 9.17) is 4.99 Å². The van der Waals surface area contributed by atoms with Gasteiger partial charge in [-0.2, -0.15) is 0 Å². The molecule has 5 heteroatoms. The first-order valence-corrected chi connectivity index (χ1v) is 13.5. The minimum absolute atomic E-state index is 0.105. The van der Waals surface area contributed by atoms with Crippen molar-refractivity contribution in [2.45, 2.75) is 80.2 Å². The number of hydrogen-bond donors (Lipinski definition) is 0. The van der Waals surface area contributed by atoms with Gasteiger partial charge in [-0.15, -0.1) is 12.8 Å². The number of amidine groups is 2. The van der Waals surface area contributed by atoms with Crippen molar-refractivity contribution >= 4 is 17.2 Å². The molecule has 1 unspecified atom stereocenters. The third-order valence-corrected chi connectivity index (χ3v) is 6.88. The number of allylic oxidation sites excluding steroid dienone is 1. The summed E-state index contributed by atoms with van der Waals surface area (Å²) in [7, 11) is 0. The van der Waals surface area contributed by atoms with Gasteiger partial charge in [-0.25, -0.2) is 9.38 Å². The van der Waals surface area contributed by atoms with Crippen LogP contribution in [-0.4, -0.2) is 60.2 Å². The Balaban J connectivity index is 0.000000826. The van der Waals surface area contributed by atoms with Crippen molar-refractivity contribution in [3.63, 3.8) is 0 Å². The number of hydrogen-bond acceptors (Lipinski definition) is 4. The SMILES string of the molecule is C#C.C=C(C)c1ccc(CCCC(C)N2CCN(C3=NC(C(C)C)=NC3)CC2)c(F)c1.CCC(C)C. The van der Waals surface area contributed by atoms with Gasteiger partial charge in [-0.05, 0) is 56.2 Å². The predicted octanol–water partition coefficient (Wildman–Crippen LogP) is 6.96. The topological polar surface area (TPSA) is 31.2 Å². The first-order chi connectivity index (χ1) is 17.1. The minimum Gasteiger partial charge on any atom is -0.356 e. The second-order valence-corrected chi connectivity index (χ2v) is 10.5. The molecule has 1 aromatic rings. The maximum absolute atomic E-state index is 14.3. The molecule has 2 heterocycles. The molecule has 1 atom stereocenters. The fraction of sp³-hybridized carbons (Fsp3) is 0.613. The van der Waals surface area contributed by atoms with Crippen molar-refractivity contribution in [3.05, 3.63) is 41.7 Å². The van der Waals surface area contributed by atoms with E-state index < -0.39 is 0 Å². The number of halogens is 1. The Bertz CT molecular complexity index is 889. The molecule has 2 aliphatic rings. The molecule has 0 bridgehead atoms. The second kappa shape index (κ2) is 16.3. The fourth-order valence-corrected chi connectivity index (χ4v) is 4.04. The Morgan fingerprint density at radius 2 is 1.69 bits per heavy atom. The summed E-state index contributed by atoms with van der Waals surface area (Å²) in [5, 5.41) is 0. The van der Waals surface area contributed by atoms with Gasteiger partial charge in [0.05, 0.1) is 6.54 Å². The van der Waals surface area contributed by atoms with Crippen LogP contribution in [0.3, 0.4) is 0 Å². The molecule has 0 saturated carbocycles. The van der Waals surface area contributed by atoms with Gasteiger partial charge in [0, 0.05) is 38.1 Å². The highest BCUT2D eigenvalue weighted by Crippen LogP contribution is 2.19. The van der Waals surface area contributed by atoms with Crippen LogP contribution >= 0.6 is 0 Å². The molecule has 0 N–H and O–H groups in total. The van der Waals surface area contributed by atoms with Crippen molar-refractivity contribution in [2.24, 2.45) is 21.8 Å². The maximum atomic E-state index is 14.3. The Labute approximate surface area is 220 Å². The summed E-state index contributed by atoms with van der Waals surface area (Å²) in [5.41, 5.74) is 2.60. The van der Waals surface area contributed by atoms with E-state index in [0.717, 1.165) is 86.3 Å². The molecule has 2 aliphatic heterocycles. The summed E-state index contributed by atoms with van der Waals surface area (Å²) in [5.74, 6) is 3.30. The first-order valence-electron chi connectivity index (χ1n) is 13.5. The lowest BCUT2D eigenvalue weighted by Crippen LogP contribution is -2.51. The van der Waals surface area contributed by atoms with Crippen LogP contribution in [0.1, 0.15) is 78.9 Å². The third-order valence-electron chi connectivity index (χ3n) is 6.88. The van der Waals surface area contributed by atoms with Crippen LogP contribution in [-0.2, 0) is 6.42 Å². The smallest absolute Gasteiger partial charge is 0.128 e. The lowest BCUT2D eigenvalue weighted by Gasteiger charge is -2.39. The summed E-state index contributed by atoms with van der Waals surface area (Å²) in [6.45, 7) is 23.9.